The summed E-state index contributed by atoms with van der Waals surface area (Å²) >= 11 is 1.17. The smallest absolute Gasteiger partial charge is 0.338 e. The highest BCUT2D eigenvalue weighted by molar-refractivity contribution is 7.14. The highest BCUT2D eigenvalue weighted by Gasteiger charge is 2.15. The van der Waals surface area contributed by atoms with E-state index in [0.717, 1.165) is 0 Å². The average Bonchev–Trinajstić information content (AvgIpc) is 2.87. The van der Waals surface area contributed by atoms with Crippen LogP contribution in [0, 0.1) is 0 Å². The Morgan fingerprint density at radius 3 is 2.75 bits per heavy atom. The number of anilines is 2. The largest absolute Gasteiger partial charge is 0.478 e. The van der Waals surface area contributed by atoms with Crippen LogP contribution in [0.1, 0.15) is 20.7 Å². The van der Waals surface area contributed by atoms with Crippen LogP contribution in [0.4, 0.5) is 10.8 Å². The van der Waals surface area contributed by atoms with Crippen LogP contribution in [0.3, 0.4) is 0 Å². The number of carboxylic acids is 1. The fourth-order valence-electron chi connectivity index (χ4n) is 1.55. The molecule has 0 radical (unpaired) electrons. The van der Waals surface area contributed by atoms with Gasteiger partial charge in [-0.15, -0.1) is 11.3 Å². The molecular formula is C13H13N3O3S. The number of carbonyl (C=O) groups excluding carboxylic acids is 1. The Kier molecular flexibility index (Phi) is 3.99. The lowest BCUT2D eigenvalue weighted by Crippen LogP contribution is -2.15. The molecule has 0 aliphatic rings. The first-order valence-corrected chi connectivity index (χ1v) is 6.62. The molecule has 7 heteroatoms. The van der Waals surface area contributed by atoms with Crippen LogP contribution >= 0.6 is 11.3 Å². The van der Waals surface area contributed by atoms with Gasteiger partial charge in [-0.2, -0.15) is 0 Å². The summed E-state index contributed by atoms with van der Waals surface area (Å²) in [5, 5.41) is 13.5. The number of amides is 1. The van der Waals surface area contributed by atoms with Gasteiger partial charge in [0.25, 0.3) is 5.91 Å². The lowest BCUT2D eigenvalue weighted by Gasteiger charge is -2.12. The van der Waals surface area contributed by atoms with Crippen molar-refractivity contribution >= 4 is 34.0 Å². The Labute approximate surface area is 119 Å². The van der Waals surface area contributed by atoms with Crippen molar-refractivity contribution in [2.75, 3.05) is 24.3 Å². The van der Waals surface area contributed by atoms with Crippen molar-refractivity contribution in [1.29, 1.82) is 0 Å². The molecule has 0 saturated carbocycles. The molecule has 2 N–H and O–H groups in total. The highest BCUT2D eigenvalue weighted by atomic mass is 32.1. The second kappa shape index (κ2) is 5.70. The summed E-state index contributed by atoms with van der Waals surface area (Å²) in [6, 6.07) is 4.68. The Bertz CT molecular complexity index is 652. The fourth-order valence-corrected chi connectivity index (χ4v) is 2.33. The average molecular weight is 291 g/mol. The molecule has 0 aromatic carbocycles. The lowest BCUT2D eigenvalue weighted by molar-refractivity contribution is 0.0698. The first kappa shape index (κ1) is 14.0. The van der Waals surface area contributed by atoms with E-state index in [9.17, 15) is 9.59 Å². The normalized spacial score (nSPS) is 10.1. The molecule has 0 aliphatic carbocycles. The minimum absolute atomic E-state index is 0.0882. The van der Waals surface area contributed by atoms with Crippen molar-refractivity contribution < 1.29 is 14.7 Å². The number of carboxylic acid groups (broad SMARTS) is 1. The molecule has 0 atom stereocenters. The molecule has 2 heterocycles. The maximum atomic E-state index is 12.1. The Morgan fingerprint density at radius 2 is 2.10 bits per heavy atom. The molecule has 0 unspecified atom stereocenters. The SMILES string of the molecule is CN(C)c1cc(C(=O)Nc2sccc2C(=O)O)ccn1. The van der Waals surface area contributed by atoms with E-state index in [1.807, 2.05) is 14.1 Å². The van der Waals surface area contributed by atoms with Crippen molar-refractivity contribution in [1.82, 2.24) is 4.98 Å². The number of nitrogens with zero attached hydrogens (tertiary/aromatic N) is 2. The summed E-state index contributed by atoms with van der Waals surface area (Å²) in [4.78, 5) is 29.0. The first-order chi connectivity index (χ1) is 9.49. The molecule has 0 fully saturated rings. The molecule has 1 amide bonds. The van der Waals surface area contributed by atoms with Crippen LogP contribution in [0.2, 0.25) is 0 Å². The molecule has 20 heavy (non-hydrogen) atoms. The maximum Gasteiger partial charge on any atom is 0.338 e. The van der Waals surface area contributed by atoms with Gasteiger partial charge in [-0.25, -0.2) is 9.78 Å². The number of pyridine rings is 1. The van der Waals surface area contributed by atoms with E-state index in [1.54, 1.807) is 22.4 Å². The van der Waals surface area contributed by atoms with E-state index in [-0.39, 0.29) is 11.5 Å². The van der Waals surface area contributed by atoms with Crippen molar-refractivity contribution in [3.8, 4) is 0 Å². The van der Waals surface area contributed by atoms with Gasteiger partial charge in [0.2, 0.25) is 0 Å². The monoisotopic (exact) mass is 291 g/mol. The van der Waals surface area contributed by atoms with E-state index < -0.39 is 5.97 Å². The molecule has 0 spiro atoms. The highest BCUT2D eigenvalue weighted by Crippen LogP contribution is 2.24. The van der Waals surface area contributed by atoms with E-state index >= 15 is 0 Å². The van der Waals surface area contributed by atoms with Gasteiger partial charge in [-0.3, -0.25) is 4.79 Å². The van der Waals surface area contributed by atoms with E-state index in [2.05, 4.69) is 10.3 Å². The van der Waals surface area contributed by atoms with Crippen molar-refractivity contribution in [3.05, 3.63) is 40.9 Å². The lowest BCUT2D eigenvalue weighted by atomic mass is 10.2. The molecule has 6 nitrogen and oxygen atoms in total. The van der Waals surface area contributed by atoms with Crippen LogP contribution in [0.15, 0.2) is 29.8 Å². The summed E-state index contributed by atoms with van der Waals surface area (Å²) in [7, 11) is 3.65. The molecule has 0 bridgehead atoms. The van der Waals surface area contributed by atoms with Crippen LogP contribution in [0.25, 0.3) is 0 Å². The summed E-state index contributed by atoms with van der Waals surface area (Å²) in [5.41, 5.74) is 0.513. The third kappa shape index (κ3) is 2.94. The number of rotatable bonds is 4. The topological polar surface area (TPSA) is 82.5 Å². The predicted octanol–water partition coefficient (Wildman–Crippen LogP) is 2.16. The number of aromatic nitrogens is 1. The van der Waals surface area contributed by atoms with Gasteiger partial charge in [0.1, 0.15) is 10.8 Å². The molecule has 0 saturated heterocycles. The van der Waals surface area contributed by atoms with Crippen molar-refractivity contribution in [3.63, 3.8) is 0 Å². The molecule has 0 aliphatic heterocycles. The molecule has 2 aromatic rings. The van der Waals surface area contributed by atoms with E-state index in [1.165, 1.54) is 23.6 Å². The third-order valence-electron chi connectivity index (χ3n) is 2.59. The van der Waals surface area contributed by atoms with Gasteiger partial charge in [0.05, 0.1) is 5.56 Å². The second-order valence-corrected chi connectivity index (χ2v) is 5.14. The van der Waals surface area contributed by atoms with Gasteiger partial charge >= 0.3 is 5.97 Å². The Morgan fingerprint density at radius 1 is 1.35 bits per heavy atom. The molecule has 2 rings (SSSR count). The third-order valence-corrected chi connectivity index (χ3v) is 3.42. The fraction of sp³-hybridized carbons (Fsp3) is 0.154. The van der Waals surface area contributed by atoms with E-state index in [0.29, 0.717) is 16.4 Å². The maximum absolute atomic E-state index is 12.1. The Hall–Kier alpha value is -2.41. The summed E-state index contributed by atoms with van der Waals surface area (Å²) in [5.74, 6) is -0.770. The second-order valence-electron chi connectivity index (χ2n) is 4.22. The Balaban J connectivity index is 2.22. The van der Waals surface area contributed by atoms with Crippen molar-refractivity contribution in [2.24, 2.45) is 0 Å². The molecular weight excluding hydrogens is 278 g/mol. The minimum Gasteiger partial charge on any atom is -0.478 e. The predicted molar refractivity (Wildman–Crippen MR) is 77.8 cm³/mol. The standard InChI is InChI=1S/C13H13N3O3S/c1-16(2)10-7-8(3-5-14-10)11(17)15-12-9(13(18)19)4-6-20-12/h3-7H,1-2H3,(H,15,17)(H,18,19). The zero-order valence-corrected chi connectivity index (χ0v) is 11.8. The first-order valence-electron chi connectivity index (χ1n) is 5.74. The van der Waals surface area contributed by atoms with E-state index in [4.69, 9.17) is 5.11 Å². The van der Waals surface area contributed by atoms with Gasteiger partial charge < -0.3 is 15.3 Å². The van der Waals surface area contributed by atoms with Crippen LogP contribution in [-0.4, -0.2) is 36.1 Å². The van der Waals surface area contributed by atoms with Crippen LogP contribution in [0.5, 0.6) is 0 Å². The zero-order valence-electron chi connectivity index (χ0n) is 11.0. The van der Waals surface area contributed by atoms with Crippen LogP contribution in [-0.2, 0) is 0 Å². The van der Waals surface area contributed by atoms with Gasteiger partial charge in [0, 0.05) is 25.9 Å². The molecule has 104 valence electrons. The number of hydrogen-bond donors (Lipinski definition) is 2. The summed E-state index contributed by atoms with van der Waals surface area (Å²) < 4.78 is 0. The number of hydrogen-bond acceptors (Lipinski definition) is 5. The number of thiophene rings is 1. The van der Waals surface area contributed by atoms with Gasteiger partial charge in [0.15, 0.2) is 0 Å². The quantitative estimate of drug-likeness (QED) is 0.902. The van der Waals surface area contributed by atoms with Gasteiger partial charge in [-0.1, -0.05) is 0 Å². The van der Waals surface area contributed by atoms with Crippen LogP contribution < -0.4 is 10.2 Å². The van der Waals surface area contributed by atoms with Crippen molar-refractivity contribution in [2.45, 2.75) is 0 Å². The summed E-state index contributed by atoms with van der Waals surface area (Å²) in [6.07, 6.45) is 1.54. The number of nitrogens with one attached hydrogen (secondary N) is 1. The number of aromatic carboxylic acids is 1. The number of carbonyl (C=O) groups is 2. The molecule has 2 aromatic heterocycles. The zero-order chi connectivity index (χ0) is 14.7. The van der Waals surface area contributed by atoms with Gasteiger partial charge in [-0.05, 0) is 23.6 Å². The summed E-state index contributed by atoms with van der Waals surface area (Å²) in [6.45, 7) is 0. The minimum atomic E-state index is -1.06.